The maximum absolute atomic E-state index is 13.0. The highest BCUT2D eigenvalue weighted by atomic mass is 35.5. The molecule has 1 amide bonds. The molecule has 0 aliphatic carbocycles. The van der Waals surface area contributed by atoms with Crippen LogP contribution >= 0.6 is 11.6 Å². The maximum atomic E-state index is 13.0. The summed E-state index contributed by atoms with van der Waals surface area (Å²) in [6.45, 7) is 3.95. The molecule has 0 saturated carbocycles. The molecule has 4 rings (SSSR count). The van der Waals surface area contributed by atoms with E-state index in [9.17, 15) is 4.79 Å². The summed E-state index contributed by atoms with van der Waals surface area (Å²) in [6, 6.07) is 20.5. The number of aryl methyl sites for hydroxylation is 2. The molecule has 0 atom stereocenters. The van der Waals surface area contributed by atoms with Crippen LogP contribution in [0.2, 0.25) is 5.02 Å². The van der Waals surface area contributed by atoms with E-state index >= 15 is 0 Å². The van der Waals surface area contributed by atoms with Gasteiger partial charge in [0.05, 0.1) is 17.8 Å². The predicted molar refractivity (Wildman–Crippen MR) is 122 cm³/mol. The first-order valence-electron chi connectivity index (χ1n) is 9.71. The number of methoxy groups -OCH3 is 1. The lowest BCUT2D eigenvalue weighted by atomic mass is 10.1. The zero-order chi connectivity index (χ0) is 22.0. The zero-order valence-electron chi connectivity index (χ0n) is 17.4. The van der Waals surface area contributed by atoms with E-state index < -0.39 is 5.91 Å². The smallest absolute Gasteiger partial charge is 0.295 e. The molecule has 156 valence electrons. The number of nitrogens with zero attached hydrogens (tertiary/aromatic N) is 3. The number of amides is 1. The summed E-state index contributed by atoms with van der Waals surface area (Å²) in [5, 5.41) is 7.88. The lowest BCUT2D eigenvalue weighted by Crippen LogP contribution is -2.15. The van der Waals surface area contributed by atoms with Crippen LogP contribution in [0.4, 0.5) is 5.69 Å². The number of anilines is 1. The van der Waals surface area contributed by atoms with Gasteiger partial charge in [0.1, 0.15) is 5.75 Å². The third kappa shape index (κ3) is 4.29. The van der Waals surface area contributed by atoms with Crippen LogP contribution in [-0.4, -0.2) is 27.8 Å². The van der Waals surface area contributed by atoms with E-state index in [0.29, 0.717) is 16.5 Å². The van der Waals surface area contributed by atoms with E-state index in [0.717, 1.165) is 28.1 Å². The van der Waals surface area contributed by atoms with Crippen LogP contribution in [0, 0.1) is 13.8 Å². The summed E-state index contributed by atoms with van der Waals surface area (Å²) in [5.74, 6) is 0.875. The van der Waals surface area contributed by atoms with Crippen LogP contribution in [0.3, 0.4) is 0 Å². The first kappa shape index (κ1) is 20.6. The van der Waals surface area contributed by atoms with Gasteiger partial charge >= 0.3 is 0 Å². The Kier molecular flexibility index (Phi) is 5.73. The van der Waals surface area contributed by atoms with E-state index in [1.807, 2.05) is 74.5 Å². The summed E-state index contributed by atoms with van der Waals surface area (Å²) < 4.78 is 6.82. The molecule has 6 nitrogen and oxygen atoms in total. The average molecular weight is 433 g/mol. The van der Waals surface area contributed by atoms with Crippen molar-refractivity contribution < 1.29 is 9.53 Å². The number of hydrogen-bond acceptors (Lipinski definition) is 4. The third-order valence-electron chi connectivity index (χ3n) is 4.87. The molecular weight excluding hydrogens is 412 g/mol. The van der Waals surface area contributed by atoms with Crippen LogP contribution in [-0.2, 0) is 0 Å². The van der Waals surface area contributed by atoms with E-state index in [-0.39, 0.29) is 5.82 Å². The Balaban J connectivity index is 1.77. The molecule has 0 unspecified atom stereocenters. The van der Waals surface area contributed by atoms with Crippen molar-refractivity contribution in [3.63, 3.8) is 0 Å². The Labute approximate surface area is 185 Å². The fraction of sp³-hybridized carbons (Fsp3) is 0.125. The number of nitrogens with one attached hydrogen (secondary N) is 1. The van der Waals surface area contributed by atoms with Gasteiger partial charge in [0.2, 0.25) is 5.82 Å². The summed E-state index contributed by atoms with van der Waals surface area (Å²) in [4.78, 5) is 17.5. The van der Waals surface area contributed by atoms with E-state index in [4.69, 9.17) is 16.3 Å². The van der Waals surface area contributed by atoms with Crippen molar-refractivity contribution in [1.29, 1.82) is 0 Å². The second-order valence-corrected chi connectivity index (χ2v) is 7.53. The molecule has 31 heavy (non-hydrogen) atoms. The van der Waals surface area contributed by atoms with Gasteiger partial charge in [-0.15, -0.1) is 5.10 Å². The van der Waals surface area contributed by atoms with Gasteiger partial charge in [-0.25, -0.2) is 9.67 Å². The van der Waals surface area contributed by atoms with E-state index in [1.54, 1.807) is 17.9 Å². The van der Waals surface area contributed by atoms with Gasteiger partial charge in [-0.1, -0.05) is 41.4 Å². The number of aromatic nitrogens is 3. The highest BCUT2D eigenvalue weighted by molar-refractivity contribution is 6.32. The third-order valence-corrected chi connectivity index (χ3v) is 5.19. The molecule has 0 saturated heterocycles. The van der Waals surface area contributed by atoms with Crippen LogP contribution < -0.4 is 10.1 Å². The molecule has 0 radical (unpaired) electrons. The van der Waals surface area contributed by atoms with E-state index in [2.05, 4.69) is 15.4 Å². The monoisotopic (exact) mass is 432 g/mol. The fourth-order valence-corrected chi connectivity index (χ4v) is 3.47. The van der Waals surface area contributed by atoms with Gasteiger partial charge in [0.15, 0.2) is 5.82 Å². The molecule has 0 aliphatic rings. The topological polar surface area (TPSA) is 69.0 Å². The van der Waals surface area contributed by atoms with Crippen LogP contribution in [0.1, 0.15) is 21.7 Å². The number of rotatable bonds is 5. The molecule has 4 aromatic rings. The number of benzene rings is 3. The number of carbonyl (C=O) groups excluding carboxylic acids is 1. The number of para-hydroxylation sites is 1. The average Bonchev–Trinajstić information content (AvgIpc) is 3.21. The van der Waals surface area contributed by atoms with Crippen molar-refractivity contribution >= 4 is 23.2 Å². The molecular formula is C24H21ClN4O2. The summed E-state index contributed by atoms with van der Waals surface area (Å²) in [6.07, 6.45) is 0. The van der Waals surface area contributed by atoms with Gasteiger partial charge in [0, 0.05) is 11.3 Å². The number of ether oxygens (including phenoxy) is 1. The van der Waals surface area contributed by atoms with E-state index in [1.165, 1.54) is 0 Å². The van der Waals surface area contributed by atoms with Gasteiger partial charge < -0.3 is 10.1 Å². The Morgan fingerprint density at radius 3 is 2.45 bits per heavy atom. The minimum Gasteiger partial charge on any atom is -0.497 e. The Bertz CT molecular complexity index is 1250. The van der Waals surface area contributed by atoms with Crippen molar-refractivity contribution in [2.45, 2.75) is 13.8 Å². The van der Waals surface area contributed by atoms with Crippen molar-refractivity contribution in [3.05, 3.63) is 88.7 Å². The molecule has 7 heteroatoms. The predicted octanol–water partition coefficient (Wildman–Crippen LogP) is 5.47. The highest BCUT2D eigenvalue weighted by Gasteiger charge is 2.20. The minimum atomic E-state index is -0.396. The first-order valence-corrected chi connectivity index (χ1v) is 10.1. The second kappa shape index (κ2) is 8.62. The van der Waals surface area contributed by atoms with Crippen LogP contribution in [0.5, 0.6) is 5.75 Å². The van der Waals surface area contributed by atoms with Crippen LogP contribution in [0.15, 0.2) is 66.7 Å². The van der Waals surface area contributed by atoms with Crippen LogP contribution in [0.25, 0.3) is 17.1 Å². The number of carbonyl (C=O) groups is 1. The molecule has 0 spiro atoms. The quantitative estimate of drug-likeness (QED) is 0.454. The van der Waals surface area contributed by atoms with Gasteiger partial charge in [-0.3, -0.25) is 4.79 Å². The lowest BCUT2D eigenvalue weighted by Gasteiger charge is -2.08. The maximum Gasteiger partial charge on any atom is 0.295 e. The van der Waals surface area contributed by atoms with Gasteiger partial charge in [-0.05, 0) is 61.9 Å². The lowest BCUT2D eigenvalue weighted by molar-refractivity contribution is 0.101. The molecule has 3 aromatic carbocycles. The molecule has 1 aromatic heterocycles. The first-order chi connectivity index (χ1) is 15.0. The van der Waals surface area contributed by atoms with Crippen molar-refractivity contribution in [2.24, 2.45) is 0 Å². The summed E-state index contributed by atoms with van der Waals surface area (Å²) in [5.41, 5.74) is 4.22. The number of halogens is 1. The van der Waals surface area contributed by atoms with Crippen molar-refractivity contribution in [2.75, 3.05) is 12.4 Å². The summed E-state index contributed by atoms with van der Waals surface area (Å²) >= 11 is 6.41. The molecule has 0 fully saturated rings. The SMILES string of the molecule is COc1ccc(-c2nc(C(=O)Nc3ccc(C)cc3C)nn2-c2ccccc2Cl)cc1. The zero-order valence-corrected chi connectivity index (χ0v) is 18.1. The Morgan fingerprint density at radius 1 is 1.03 bits per heavy atom. The van der Waals surface area contributed by atoms with Gasteiger partial charge in [-0.2, -0.15) is 0 Å². The highest BCUT2D eigenvalue weighted by Crippen LogP contribution is 2.27. The normalized spacial score (nSPS) is 10.7. The molecule has 1 heterocycles. The largest absolute Gasteiger partial charge is 0.497 e. The Hall–Kier alpha value is -3.64. The Morgan fingerprint density at radius 2 is 1.77 bits per heavy atom. The second-order valence-electron chi connectivity index (χ2n) is 7.12. The fourth-order valence-electron chi connectivity index (χ4n) is 3.26. The molecule has 0 aliphatic heterocycles. The van der Waals surface area contributed by atoms with Crippen molar-refractivity contribution in [3.8, 4) is 22.8 Å². The summed E-state index contributed by atoms with van der Waals surface area (Å²) in [7, 11) is 1.61. The molecule has 1 N–H and O–H groups in total. The molecule has 0 bridgehead atoms. The minimum absolute atomic E-state index is 0.0470. The number of hydrogen-bond donors (Lipinski definition) is 1. The van der Waals surface area contributed by atoms with Crippen molar-refractivity contribution in [1.82, 2.24) is 14.8 Å². The standard InChI is InChI=1S/C24H21ClN4O2/c1-15-8-13-20(16(2)14-15)26-24(30)22-27-23(17-9-11-18(31-3)12-10-17)29(28-22)21-7-5-4-6-19(21)25/h4-14H,1-3H3,(H,26,30). The van der Waals surface area contributed by atoms with Gasteiger partial charge in [0.25, 0.3) is 5.91 Å².